The number of hydrogen-bond donors (Lipinski definition) is 3. The maximum Gasteiger partial charge on any atom is 0.404 e. The van der Waals surface area contributed by atoms with Gasteiger partial charge in [-0.05, 0) is 45.2 Å². The van der Waals surface area contributed by atoms with Crippen LogP contribution in [0.15, 0.2) is 12.1 Å². The molecule has 3 atom stereocenters. The van der Waals surface area contributed by atoms with Crippen molar-refractivity contribution in [3.8, 4) is 0 Å². The second-order valence-electron chi connectivity index (χ2n) is 9.03. The molecular weight excluding hydrogens is 440 g/mol. The number of aromatic nitrogens is 3. The lowest BCUT2D eigenvalue weighted by Gasteiger charge is -2.36. The number of hydrogen-bond acceptors (Lipinski definition) is 7. The number of carboxylic acid groups (broad SMARTS) is 1. The summed E-state index contributed by atoms with van der Waals surface area (Å²) in [5, 5.41) is 20.3. The molecule has 0 spiro atoms. The van der Waals surface area contributed by atoms with E-state index in [0.717, 1.165) is 35.3 Å². The van der Waals surface area contributed by atoms with Crippen LogP contribution in [0.2, 0.25) is 0 Å². The van der Waals surface area contributed by atoms with Crippen LogP contribution in [0.5, 0.6) is 0 Å². The highest BCUT2D eigenvalue weighted by Gasteiger charge is 2.42. The van der Waals surface area contributed by atoms with Crippen LogP contribution in [0.1, 0.15) is 43.6 Å². The predicted octanol–water partition coefficient (Wildman–Crippen LogP) is 1.45. The van der Waals surface area contributed by atoms with Crippen LogP contribution in [0, 0.1) is 6.92 Å². The summed E-state index contributed by atoms with van der Waals surface area (Å²) in [5.41, 5.74) is 2.42. The second kappa shape index (κ2) is 10.7. The average molecular weight is 475 g/mol. The van der Waals surface area contributed by atoms with Crippen LogP contribution in [0.3, 0.4) is 0 Å². The van der Waals surface area contributed by atoms with Gasteiger partial charge in [0.2, 0.25) is 0 Å². The number of carbonyl (C=O) groups excluding carboxylic acids is 1. The Morgan fingerprint density at radius 2 is 2.18 bits per heavy atom. The molecule has 0 aromatic carbocycles. The minimum atomic E-state index is -1.04. The molecule has 2 amide bonds. The molecule has 11 heteroatoms. The summed E-state index contributed by atoms with van der Waals surface area (Å²) in [5.74, 6) is -0.0308. The highest BCUT2D eigenvalue weighted by molar-refractivity contribution is 5.84. The topological polar surface area (TPSA) is 131 Å². The molecule has 0 radical (unpaired) electrons. The van der Waals surface area contributed by atoms with Gasteiger partial charge in [0, 0.05) is 50.4 Å². The Bertz CT molecular complexity index is 1020. The molecule has 1 aliphatic carbocycles. The first-order valence-electron chi connectivity index (χ1n) is 11.9. The first kappa shape index (κ1) is 24.4. The van der Waals surface area contributed by atoms with Crippen molar-refractivity contribution in [2.24, 2.45) is 0 Å². The summed E-state index contributed by atoms with van der Waals surface area (Å²) in [6, 6.07) is 3.87. The van der Waals surface area contributed by atoms with Gasteiger partial charge in [-0.1, -0.05) is 0 Å². The summed E-state index contributed by atoms with van der Waals surface area (Å²) in [4.78, 5) is 31.0. The molecule has 0 bridgehead atoms. The third-order valence-electron chi connectivity index (χ3n) is 6.28. The van der Waals surface area contributed by atoms with E-state index in [2.05, 4.69) is 15.6 Å². The largest absolute Gasteiger partial charge is 0.465 e. The predicted molar refractivity (Wildman–Crippen MR) is 125 cm³/mol. The van der Waals surface area contributed by atoms with Crippen LogP contribution >= 0.6 is 0 Å². The van der Waals surface area contributed by atoms with Gasteiger partial charge in [-0.2, -0.15) is 5.10 Å². The molecule has 0 unspecified atom stereocenters. The van der Waals surface area contributed by atoms with E-state index in [9.17, 15) is 9.59 Å². The lowest BCUT2D eigenvalue weighted by molar-refractivity contribution is -0.156. The molecule has 3 N–H and O–H groups in total. The van der Waals surface area contributed by atoms with Gasteiger partial charge in [-0.15, -0.1) is 0 Å². The van der Waals surface area contributed by atoms with Gasteiger partial charge >= 0.3 is 6.09 Å². The number of ether oxygens (including phenoxy) is 2. The molecule has 1 saturated heterocycles. The summed E-state index contributed by atoms with van der Waals surface area (Å²) in [7, 11) is 1.63. The van der Waals surface area contributed by atoms with Crippen molar-refractivity contribution in [1.82, 2.24) is 30.3 Å². The second-order valence-corrected chi connectivity index (χ2v) is 9.03. The van der Waals surface area contributed by atoms with E-state index in [4.69, 9.17) is 19.7 Å². The van der Waals surface area contributed by atoms with Crippen molar-refractivity contribution < 1.29 is 24.2 Å². The van der Waals surface area contributed by atoms with Gasteiger partial charge < -0.3 is 30.1 Å². The monoisotopic (exact) mass is 474 g/mol. The lowest BCUT2D eigenvalue weighted by Crippen LogP contribution is -2.54. The maximum absolute atomic E-state index is 13.6. The van der Waals surface area contributed by atoms with Crippen LogP contribution < -0.4 is 10.6 Å². The molecule has 186 valence electrons. The molecule has 2 aromatic rings. The number of rotatable bonds is 10. The Morgan fingerprint density at radius 3 is 2.88 bits per heavy atom. The van der Waals surface area contributed by atoms with E-state index in [0.29, 0.717) is 39.2 Å². The van der Waals surface area contributed by atoms with Crippen molar-refractivity contribution in [2.45, 2.75) is 63.9 Å². The molecule has 4 rings (SSSR count). The van der Waals surface area contributed by atoms with E-state index in [1.165, 1.54) is 0 Å². The normalized spacial score (nSPS) is 21.4. The van der Waals surface area contributed by atoms with Gasteiger partial charge in [-0.25, -0.2) is 14.5 Å². The Morgan fingerprint density at radius 1 is 1.38 bits per heavy atom. The number of amides is 2. The van der Waals surface area contributed by atoms with Crippen molar-refractivity contribution in [3.05, 3.63) is 23.5 Å². The zero-order valence-corrected chi connectivity index (χ0v) is 20.0. The summed E-state index contributed by atoms with van der Waals surface area (Å²) >= 11 is 0. The number of carbonyl (C=O) groups is 2. The first-order chi connectivity index (χ1) is 16.4. The fraction of sp³-hybridized carbons (Fsp3) is 0.652. The molecular formula is C23H34N6O5. The van der Waals surface area contributed by atoms with Gasteiger partial charge in [0.1, 0.15) is 6.10 Å². The zero-order chi connectivity index (χ0) is 24.2. The molecule has 34 heavy (non-hydrogen) atoms. The quantitative estimate of drug-likeness (QED) is 0.441. The average Bonchev–Trinajstić information content (AvgIpc) is 3.58. The van der Waals surface area contributed by atoms with Crippen molar-refractivity contribution >= 4 is 23.0 Å². The minimum Gasteiger partial charge on any atom is -0.465 e. The molecule has 2 aliphatic rings. The van der Waals surface area contributed by atoms with Crippen molar-refractivity contribution in [3.63, 3.8) is 0 Å². The first-order valence-corrected chi connectivity index (χ1v) is 11.9. The third kappa shape index (κ3) is 5.48. The van der Waals surface area contributed by atoms with Crippen LogP contribution in [-0.4, -0.2) is 88.4 Å². The Balaban J connectivity index is 1.57. The fourth-order valence-electron chi connectivity index (χ4n) is 4.53. The van der Waals surface area contributed by atoms with E-state index in [1.807, 2.05) is 35.6 Å². The smallest absolute Gasteiger partial charge is 0.404 e. The van der Waals surface area contributed by atoms with E-state index in [-0.39, 0.29) is 24.1 Å². The third-order valence-corrected chi connectivity index (χ3v) is 6.28. The highest BCUT2D eigenvalue weighted by Crippen LogP contribution is 2.37. The highest BCUT2D eigenvalue weighted by atomic mass is 16.5. The maximum atomic E-state index is 13.6. The summed E-state index contributed by atoms with van der Waals surface area (Å²) < 4.78 is 13.1. The molecule has 2 aromatic heterocycles. The number of nitrogens with one attached hydrogen (secondary N) is 2. The van der Waals surface area contributed by atoms with Crippen LogP contribution in [0.4, 0.5) is 4.79 Å². The van der Waals surface area contributed by atoms with Crippen molar-refractivity contribution in [1.29, 1.82) is 0 Å². The number of fused-ring (bicyclic) bond motifs is 1. The van der Waals surface area contributed by atoms with Gasteiger partial charge in [0.15, 0.2) is 5.65 Å². The number of pyridine rings is 1. The van der Waals surface area contributed by atoms with E-state index >= 15 is 0 Å². The number of morpholine rings is 1. The van der Waals surface area contributed by atoms with Crippen LogP contribution in [-0.2, 0) is 20.8 Å². The Hall–Kier alpha value is -2.76. The van der Waals surface area contributed by atoms with E-state index < -0.39 is 12.2 Å². The van der Waals surface area contributed by atoms with Gasteiger partial charge in [-0.3, -0.25) is 4.79 Å². The molecule has 11 nitrogen and oxygen atoms in total. The van der Waals surface area contributed by atoms with Gasteiger partial charge in [0.25, 0.3) is 5.91 Å². The number of nitrogens with zero attached hydrogens (tertiary/aromatic N) is 4. The molecule has 1 saturated carbocycles. The Labute approximate surface area is 198 Å². The number of aryl methyl sites for hydroxylation is 2. The van der Waals surface area contributed by atoms with Gasteiger partial charge in [0.05, 0.1) is 24.4 Å². The summed E-state index contributed by atoms with van der Waals surface area (Å²) in [6.45, 7) is 6.36. The lowest BCUT2D eigenvalue weighted by atomic mass is 10.1. The fourth-order valence-corrected chi connectivity index (χ4v) is 4.53. The molecule has 1 aliphatic heterocycles. The minimum absolute atomic E-state index is 0.0308. The SMILES string of the molecule is COC[C@@H]1CNC[C@H](C(=O)N(C2CC2)[C@H](C)c2nn(CCCNC(=O)O)c3nc(C)ccc23)O1. The van der Waals surface area contributed by atoms with E-state index in [1.54, 1.807) is 7.11 Å². The van der Waals surface area contributed by atoms with Crippen LogP contribution in [0.25, 0.3) is 11.0 Å². The summed E-state index contributed by atoms with van der Waals surface area (Å²) in [6.07, 6.45) is 0.756. The number of methoxy groups -OCH3 is 1. The van der Waals surface area contributed by atoms with Crippen molar-refractivity contribution in [2.75, 3.05) is 33.4 Å². The Kier molecular flexibility index (Phi) is 7.64. The standard InChI is InChI=1S/C23H34N6O5/c1-14-5-8-18-20(27-28(21(18)26-14)10-4-9-25-23(31)32)15(2)29(16-6-7-16)22(30)19-12-24-11-17(34-19)13-33-3/h5,8,15-17,19,24-25H,4,6-7,9-13H2,1-3H3,(H,31,32)/t15-,17+,19-/m1/s1. The molecule has 2 fully saturated rings. The zero-order valence-electron chi connectivity index (χ0n) is 20.0. The molecule has 3 heterocycles.